The molecule has 1 fully saturated rings. The summed E-state index contributed by atoms with van der Waals surface area (Å²) in [7, 11) is 0. The first-order chi connectivity index (χ1) is 11.1. The number of aromatic nitrogens is 1. The van der Waals surface area contributed by atoms with Crippen LogP contribution in [0.25, 0.3) is 0 Å². The Bertz CT molecular complexity index is 656. The first kappa shape index (κ1) is 15.7. The van der Waals surface area contributed by atoms with Crippen LogP contribution in [0.2, 0.25) is 0 Å². The van der Waals surface area contributed by atoms with Gasteiger partial charge in [0.05, 0.1) is 24.8 Å². The molecule has 0 spiro atoms. The Morgan fingerprint density at radius 2 is 1.96 bits per heavy atom. The SMILES string of the molecule is CC1(C)COCC(Cc2ccccc2)N1C(=O)c1ccccn1. The van der Waals surface area contributed by atoms with Gasteiger partial charge in [0.1, 0.15) is 5.69 Å². The first-order valence-electron chi connectivity index (χ1n) is 7.94. The van der Waals surface area contributed by atoms with Crippen molar-refractivity contribution in [3.05, 3.63) is 66.0 Å². The molecule has 0 saturated carbocycles. The molecule has 0 bridgehead atoms. The van der Waals surface area contributed by atoms with Crippen molar-refractivity contribution in [2.45, 2.75) is 31.8 Å². The molecule has 1 unspecified atom stereocenters. The molecular formula is C19H22N2O2. The maximum absolute atomic E-state index is 13.0. The van der Waals surface area contributed by atoms with E-state index in [0.717, 1.165) is 6.42 Å². The zero-order valence-corrected chi connectivity index (χ0v) is 13.6. The molecule has 2 heterocycles. The van der Waals surface area contributed by atoms with Crippen molar-refractivity contribution >= 4 is 5.91 Å². The highest BCUT2D eigenvalue weighted by Crippen LogP contribution is 2.27. The molecule has 120 valence electrons. The smallest absolute Gasteiger partial charge is 0.273 e. The third kappa shape index (κ3) is 3.42. The Morgan fingerprint density at radius 3 is 2.65 bits per heavy atom. The van der Waals surface area contributed by atoms with Gasteiger partial charge in [0.15, 0.2) is 0 Å². The Balaban J connectivity index is 1.89. The van der Waals surface area contributed by atoms with E-state index < -0.39 is 0 Å². The molecule has 1 aromatic heterocycles. The summed E-state index contributed by atoms with van der Waals surface area (Å²) in [5.41, 5.74) is 1.34. The lowest BCUT2D eigenvalue weighted by atomic mass is 9.94. The van der Waals surface area contributed by atoms with Gasteiger partial charge in [-0.15, -0.1) is 0 Å². The summed E-state index contributed by atoms with van der Waals surface area (Å²) in [6.45, 7) is 5.18. The summed E-state index contributed by atoms with van der Waals surface area (Å²) in [6, 6.07) is 15.7. The van der Waals surface area contributed by atoms with Crippen molar-refractivity contribution < 1.29 is 9.53 Å². The molecule has 23 heavy (non-hydrogen) atoms. The second-order valence-corrected chi connectivity index (χ2v) is 6.56. The van der Waals surface area contributed by atoms with E-state index in [0.29, 0.717) is 18.9 Å². The van der Waals surface area contributed by atoms with Gasteiger partial charge in [-0.3, -0.25) is 9.78 Å². The maximum atomic E-state index is 13.0. The molecule has 4 nitrogen and oxygen atoms in total. The predicted molar refractivity (Wildman–Crippen MR) is 89.2 cm³/mol. The summed E-state index contributed by atoms with van der Waals surface area (Å²) in [5, 5.41) is 0. The zero-order chi connectivity index (χ0) is 16.3. The Morgan fingerprint density at radius 1 is 1.22 bits per heavy atom. The molecule has 1 aromatic carbocycles. The van der Waals surface area contributed by atoms with Crippen molar-refractivity contribution in [2.75, 3.05) is 13.2 Å². The quantitative estimate of drug-likeness (QED) is 0.875. The molecule has 1 aliphatic heterocycles. The summed E-state index contributed by atoms with van der Waals surface area (Å²) in [4.78, 5) is 19.2. The number of amides is 1. The van der Waals surface area contributed by atoms with Gasteiger partial charge >= 0.3 is 0 Å². The zero-order valence-electron chi connectivity index (χ0n) is 13.6. The highest BCUT2D eigenvalue weighted by atomic mass is 16.5. The van der Waals surface area contributed by atoms with Gasteiger partial charge in [-0.25, -0.2) is 0 Å². The fourth-order valence-corrected chi connectivity index (χ4v) is 3.17. The Hall–Kier alpha value is -2.20. The van der Waals surface area contributed by atoms with Gasteiger partial charge in [0.2, 0.25) is 0 Å². The molecule has 1 amide bonds. The number of carbonyl (C=O) groups excluding carboxylic acids is 1. The number of hydrogen-bond donors (Lipinski definition) is 0. The number of pyridine rings is 1. The molecule has 0 radical (unpaired) electrons. The number of nitrogens with zero attached hydrogens (tertiary/aromatic N) is 2. The van der Waals surface area contributed by atoms with Crippen LogP contribution < -0.4 is 0 Å². The van der Waals surface area contributed by atoms with Crippen LogP contribution in [0, 0.1) is 0 Å². The molecule has 3 rings (SSSR count). The van der Waals surface area contributed by atoms with E-state index in [1.54, 1.807) is 12.3 Å². The third-order valence-electron chi connectivity index (χ3n) is 4.20. The van der Waals surface area contributed by atoms with Gasteiger partial charge in [0, 0.05) is 6.20 Å². The van der Waals surface area contributed by atoms with E-state index in [1.807, 2.05) is 49.1 Å². The molecule has 1 aliphatic rings. The fourth-order valence-electron chi connectivity index (χ4n) is 3.17. The average molecular weight is 310 g/mol. The van der Waals surface area contributed by atoms with Gasteiger partial charge in [0.25, 0.3) is 5.91 Å². The van der Waals surface area contributed by atoms with Crippen molar-refractivity contribution in [1.82, 2.24) is 9.88 Å². The largest absolute Gasteiger partial charge is 0.377 e. The van der Waals surface area contributed by atoms with E-state index in [1.165, 1.54) is 5.56 Å². The monoisotopic (exact) mass is 310 g/mol. The van der Waals surface area contributed by atoms with E-state index in [9.17, 15) is 4.79 Å². The minimum atomic E-state index is -0.355. The number of rotatable bonds is 3. The molecule has 4 heteroatoms. The maximum Gasteiger partial charge on any atom is 0.273 e. The number of morpholine rings is 1. The minimum Gasteiger partial charge on any atom is -0.377 e. The van der Waals surface area contributed by atoms with E-state index in [-0.39, 0.29) is 17.5 Å². The topological polar surface area (TPSA) is 42.4 Å². The molecular weight excluding hydrogens is 288 g/mol. The number of hydrogen-bond acceptors (Lipinski definition) is 3. The molecule has 0 N–H and O–H groups in total. The van der Waals surface area contributed by atoms with Crippen LogP contribution in [0.5, 0.6) is 0 Å². The van der Waals surface area contributed by atoms with Crippen LogP contribution in [-0.2, 0) is 11.2 Å². The first-order valence-corrected chi connectivity index (χ1v) is 7.94. The van der Waals surface area contributed by atoms with Gasteiger partial charge < -0.3 is 9.64 Å². The number of benzene rings is 1. The van der Waals surface area contributed by atoms with Crippen LogP contribution in [0.15, 0.2) is 54.7 Å². The molecule has 1 saturated heterocycles. The van der Waals surface area contributed by atoms with Crippen LogP contribution in [0.1, 0.15) is 29.9 Å². The molecule has 0 aliphatic carbocycles. The second kappa shape index (κ2) is 6.50. The lowest BCUT2D eigenvalue weighted by Crippen LogP contribution is -2.61. The number of carbonyl (C=O) groups is 1. The fraction of sp³-hybridized carbons (Fsp3) is 0.368. The van der Waals surface area contributed by atoms with Gasteiger partial charge in [-0.2, -0.15) is 0 Å². The standard InChI is InChI=1S/C19H22N2O2/c1-19(2)14-23-13-16(12-15-8-4-3-5-9-15)21(19)18(22)17-10-6-7-11-20-17/h3-11,16H,12-14H2,1-2H3. The summed E-state index contributed by atoms with van der Waals surface area (Å²) < 4.78 is 5.77. The molecule has 2 aromatic rings. The van der Waals surface area contributed by atoms with Crippen LogP contribution in [0.4, 0.5) is 0 Å². The van der Waals surface area contributed by atoms with Gasteiger partial charge in [-0.1, -0.05) is 36.4 Å². The molecule has 1 atom stereocenters. The second-order valence-electron chi connectivity index (χ2n) is 6.56. The van der Waals surface area contributed by atoms with Crippen LogP contribution >= 0.6 is 0 Å². The lowest BCUT2D eigenvalue weighted by molar-refractivity contribution is -0.0705. The predicted octanol–water partition coefficient (Wildman–Crippen LogP) is 2.94. The summed E-state index contributed by atoms with van der Waals surface area (Å²) in [6.07, 6.45) is 2.44. The third-order valence-corrected chi connectivity index (χ3v) is 4.20. The number of ether oxygens (including phenoxy) is 1. The van der Waals surface area contributed by atoms with Gasteiger partial charge in [-0.05, 0) is 38.0 Å². The van der Waals surface area contributed by atoms with Crippen molar-refractivity contribution in [2.24, 2.45) is 0 Å². The normalized spacial score (nSPS) is 20.3. The average Bonchev–Trinajstić information content (AvgIpc) is 2.55. The van der Waals surface area contributed by atoms with Crippen molar-refractivity contribution in [1.29, 1.82) is 0 Å². The summed E-state index contributed by atoms with van der Waals surface area (Å²) >= 11 is 0. The van der Waals surface area contributed by atoms with E-state index in [2.05, 4.69) is 17.1 Å². The highest BCUT2D eigenvalue weighted by Gasteiger charge is 2.41. The van der Waals surface area contributed by atoms with Crippen LogP contribution in [0.3, 0.4) is 0 Å². The Kier molecular flexibility index (Phi) is 4.44. The lowest BCUT2D eigenvalue weighted by Gasteiger charge is -2.47. The van der Waals surface area contributed by atoms with E-state index in [4.69, 9.17) is 4.74 Å². The Labute approximate surface area is 137 Å². The summed E-state index contributed by atoms with van der Waals surface area (Å²) in [5.74, 6) is -0.0279. The van der Waals surface area contributed by atoms with Crippen molar-refractivity contribution in [3.63, 3.8) is 0 Å². The van der Waals surface area contributed by atoms with Crippen LogP contribution in [-0.4, -0.2) is 40.6 Å². The highest BCUT2D eigenvalue weighted by molar-refractivity contribution is 5.93. The van der Waals surface area contributed by atoms with E-state index >= 15 is 0 Å². The minimum absolute atomic E-state index is 0.00987. The van der Waals surface area contributed by atoms with Crippen molar-refractivity contribution in [3.8, 4) is 0 Å².